The van der Waals surface area contributed by atoms with E-state index in [9.17, 15) is 0 Å². The topological polar surface area (TPSA) is 17.0 Å². The minimum absolute atomic E-state index is 1.01. The third-order valence-corrected chi connectivity index (χ3v) is 3.66. The maximum absolute atomic E-state index is 3.50. The average molecular weight is 214 g/mol. The Morgan fingerprint density at radius 1 is 1.31 bits per heavy atom. The highest BCUT2D eigenvalue weighted by molar-refractivity contribution is 5.86. The summed E-state index contributed by atoms with van der Waals surface area (Å²) in [6.07, 6.45) is 2.46. The predicted molar refractivity (Wildman–Crippen MR) is 67.7 cm³/mol. The summed E-state index contributed by atoms with van der Waals surface area (Å²) in [5.74, 6) is 0. The number of aromatic nitrogens is 1. The number of fused-ring (bicyclic) bond motifs is 3. The molecule has 3 rings (SSSR count). The molecule has 0 unspecified atom stereocenters. The normalized spacial score (nSPS) is 16.1. The molecule has 2 aromatic rings. The van der Waals surface area contributed by atoms with Crippen LogP contribution in [0.15, 0.2) is 18.2 Å². The zero-order chi connectivity index (χ0) is 11.1. The second-order valence-electron chi connectivity index (χ2n) is 4.79. The van der Waals surface area contributed by atoms with E-state index in [1.54, 1.807) is 5.56 Å². The van der Waals surface area contributed by atoms with E-state index in [2.05, 4.69) is 42.1 Å². The molecule has 0 bridgehead atoms. The van der Waals surface area contributed by atoms with Crippen molar-refractivity contribution < 1.29 is 0 Å². The van der Waals surface area contributed by atoms with Crippen LogP contribution in [-0.4, -0.2) is 11.1 Å². The zero-order valence-corrected chi connectivity index (χ0v) is 10.0. The summed E-state index contributed by atoms with van der Waals surface area (Å²) in [6, 6.07) is 6.79. The fraction of sp³-hybridized carbons (Fsp3) is 0.429. The molecule has 2 nitrogen and oxygen atoms in total. The molecule has 0 spiro atoms. The van der Waals surface area contributed by atoms with Crippen molar-refractivity contribution >= 4 is 10.9 Å². The van der Waals surface area contributed by atoms with Crippen LogP contribution < -0.4 is 5.32 Å². The lowest BCUT2D eigenvalue weighted by Gasteiger charge is -2.04. The summed E-state index contributed by atoms with van der Waals surface area (Å²) in [7, 11) is 2.18. The van der Waals surface area contributed by atoms with Gasteiger partial charge in [0.1, 0.15) is 0 Å². The lowest BCUT2D eigenvalue weighted by atomic mass is 10.0. The number of nitrogens with zero attached hydrogens (tertiary/aromatic N) is 1. The minimum atomic E-state index is 1.01. The molecule has 1 aromatic carbocycles. The molecular weight excluding hydrogens is 196 g/mol. The molecule has 0 aliphatic carbocycles. The van der Waals surface area contributed by atoms with Crippen LogP contribution >= 0.6 is 0 Å². The summed E-state index contributed by atoms with van der Waals surface area (Å²) in [5, 5.41) is 4.96. The van der Waals surface area contributed by atoms with Crippen molar-refractivity contribution in [2.45, 2.75) is 26.3 Å². The Labute approximate surface area is 96.3 Å². The van der Waals surface area contributed by atoms with Crippen LogP contribution in [0.2, 0.25) is 0 Å². The molecule has 16 heavy (non-hydrogen) atoms. The maximum Gasteiger partial charge on any atom is 0.0483 e. The van der Waals surface area contributed by atoms with Crippen LogP contribution in [-0.2, 0) is 20.0 Å². The smallest absolute Gasteiger partial charge is 0.0483 e. The number of hydrogen-bond donors (Lipinski definition) is 1. The molecule has 0 saturated heterocycles. The van der Waals surface area contributed by atoms with Gasteiger partial charge in [-0.1, -0.05) is 11.6 Å². The third-order valence-electron chi connectivity index (χ3n) is 3.66. The maximum atomic E-state index is 3.50. The molecule has 0 atom stereocenters. The quantitative estimate of drug-likeness (QED) is 0.713. The first-order valence-electron chi connectivity index (χ1n) is 6.05. The lowest BCUT2D eigenvalue weighted by molar-refractivity contribution is 0.661. The molecule has 2 heteroatoms. The fourth-order valence-corrected chi connectivity index (χ4v) is 2.79. The molecule has 0 amide bonds. The van der Waals surface area contributed by atoms with E-state index in [0.717, 1.165) is 13.1 Å². The van der Waals surface area contributed by atoms with Crippen molar-refractivity contribution in [1.29, 1.82) is 0 Å². The van der Waals surface area contributed by atoms with Crippen molar-refractivity contribution in [3.63, 3.8) is 0 Å². The third kappa shape index (κ3) is 1.37. The van der Waals surface area contributed by atoms with Gasteiger partial charge in [0.05, 0.1) is 0 Å². The second kappa shape index (κ2) is 3.63. The summed E-state index contributed by atoms with van der Waals surface area (Å²) in [4.78, 5) is 0. The molecular formula is C14H18N2. The summed E-state index contributed by atoms with van der Waals surface area (Å²) < 4.78 is 2.35. The van der Waals surface area contributed by atoms with E-state index in [1.165, 1.54) is 35.0 Å². The summed E-state index contributed by atoms with van der Waals surface area (Å²) >= 11 is 0. The zero-order valence-electron chi connectivity index (χ0n) is 10.0. The molecule has 0 fully saturated rings. The number of aryl methyl sites for hydroxylation is 3. The summed E-state index contributed by atoms with van der Waals surface area (Å²) in [6.45, 7) is 4.33. The molecule has 1 aliphatic rings. The Morgan fingerprint density at radius 2 is 2.19 bits per heavy atom. The van der Waals surface area contributed by atoms with Crippen molar-refractivity contribution in [1.82, 2.24) is 9.88 Å². The van der Waals surface area contributed by atoms with E-state index in [1.807, 2.05) is 0 Å². The van der Waals surface area contributed by atoms with Gasteiger partial charge in [-0.05, 0) is 44.0 Å². The van der Waals surface area contributed by atoms with Crippen LogP contribution in [0.4, 0.5) is 0 Å². The van der Waals surface area contributed by atoms with Gasteiger partial charge in [-0.3, -0.25) is 0 Å². The van der Waals surface area contributed by atoms with Crippen LogP contribution in [0, 0.1) is 6.92 Å². The molecule has 0 radical (unpaired) electrons. The lowest BCUT2D eigenvalue weighted by Crippen LogP contribution is -2.14. The molecule has 2 heterocycles. The Hall–Kier alpha value is -1.28. The number of hydrogen-bond acceptors (Lipinski definition) is 1. The van der Waals surface area contributed by atoms with Crippen molar-refractivity contribution in [3.8, 4) is 0 Å². The van der Waals surface area contributed by atoms with Gasteiger partial charge in [-0.15, -0.1) is 0 Å². The molecule has 0 saturated carbocycles. The minimum Gasteiger partial charge on any atom is -0.346 e. The van der Waals surface area contributed by atoms with Crippen molar-refractivity contribution in [2.24, 2.45) is 7.05 Å². The Bertz CT molecular complexity index is 537. The van der Waals surface area contributed by atoms with E-state index in [4.69, 9.17) is 0 Å². The van der Waals surface area contributed by atoms with Crippen LogP contribution in [0.3, 0.4) is 0 Å². The average Bonchev–Trinajstić information content (AvgIpc) is 2.47. The Kier molecular flexibility index (Phi) is 2.25. The van der Waals surface area contributed by atoms with Crippen LogP contribution in [0.25, 0.3) is 10.9 Å². The molecule has 1 aliphatic heterocycles. The van der Waals surface area contributed by atoms with Crippen LogP contribution in [0.1, 0.15) is 23.2 Å². The van der Waals surface area contributed by atoms with Gasteiger partial charge >= 0.3 is 0 Å². The molecule has 1 N–H and O–H groups in total. The van der Waals surface area contributed by atoms with Crippen molar-refractivity contribution in [2.75, 3.05) is 6.54 Å². The fourth-order valence-electron chi connectivity index (χ4n) is 2.79. The van der Waals surface area contributed by atoms with Gasteiger partial charge in [0.25, 0.3) is 0 Å². The van der Waals surface area contributed by atoms with E-state index < -0.39 is 0 Å². The number of rotatable bonds is 0. The Balaban J connectivity index is 2.32. The second-order valence-corrected chi connectivity index (χ2v) is 4.79. The standard InChI is InChI=1S/C14H18N2/c1-10-5-6-13-12(8-10)11-4-3-7-15-9-14(11)16(13)2/h5-6,8,15H,3-4,7,9H2,1-2H3. The number of benzene rings is 1. The van der Waals surface area contributed by atoms with E-state index >= 15 is 0 Å². The first-order chi connectivity index (χ1) is 7.77. The van der Waals surface area contributed by atoms with Crippen LogP contribution in [0.5, 0.6) is 0 Å². The van der Waals surface area contributed by atoms with Gasteiger partial charge < -0.3 is 9.88 Å². The first-order valence-corrected chi connectivity index (χ1v) is 6.05. The Morgan fingerprint density at radius 3 is 3.06 bits per heavy atom. The van der Waals surface area contributed by atoms with Crippen molar-refractivity contribution in [3.05, 3.63) is 35.0 Å². The van der Waals surface area contributed by atoms with E-state index in [0.29, 0.717) is 0 Å². The first kappa shape index (κ1) is 9.91. The van der Waals surface area contributed by atoms with Gasteiger partial charge in [-0.25, -0.2) is 0 Å². The molecule has 1 aromatic heterocycles. The van der Waals surface area contributed by atoms with E-state index in [-0.39, 0.29) is 0 Å². The van der Waals surface area contributed by atoms with Gasteiger partial charge in [-0.2, -0.15) is 0 Å². The monoisotopic (exact) mass is 214 g/mol. The highest BCUT2D eigenvalue weighted by atomic mass is 15.0. The van der Waals surface area contributed by atoms with Gasteiger partial charge in [0.15, 0.2) is 0 Å². The van der Waals surface area contributed by atoms with Gasteiger partial charge in [0, 0.05) is 30.2 Å². The number of nitrogens with one attached hydrogen (secondary N) is 1. The highest BCUT2D eigenvalue weighted by Gasteiger charge is 2.16. The largest absolute Gasteiger partial charge is 0.346 e. The van der Waals surface area contributed by atoms with Gasteiger partial charge in [0.2, 0.25) is 0 Å². The highest BCUT2D eigenvalue weighted by Crippen LogP contribution is 2.28. The predicted octanol–water partition coefficient (Wildman–Crippen LogP) is 2.52. The molecule has 84 valence electrons. The summed E-state index contributed by atoms with van der Waals surface area (Å²) in [5.41, 5.74) is 5.77. The SMILES string of the molecule is Cc1ccc2c(c1)c1c(n2C)CNCCC1.